The standard InChI is InChI=1S/C23H29N3O4S/c1-4-17(9-14(2)27)23(30)26-12-19(28)10-20(26)22(29)24-11-16-5-7-18(8-6-16)21-15(3)25-13-31-21/h5-8,13,17,19-20,28H,4,9-12H2,1-3H3,(H,24,29)/t17-,19-,20+/m1/s1. The Bertz CT molecular complexity index is 941. The summed E-state index contributed by atoms with van der Waals surface area (Å²) in [5, 5.41) is 13.0. The maximum Gasteiger partial charge on any atom is 0.243 e. The van der Waals surface area contributed by atoms with E-state index >= 15 is 0 Å². The average Bonchev–Trinajstić information content (AvgIpc) is 3.35. The van der Waals surface area contributed by atoms with Gasteiger partial charge < -0.3 is 20.1 Å². The molecule has 3 atom stereocenters. The Morgan fingerprint density at radius 2 is 2.00 bits per heavy atom. The molecule has 1 aromatic heterocycles. The van der Waals surface area contributed by atoms with Crippen LogP contribution in [0.5, 0.6) is 0 Å². The molecule has 0 aliphatic carbocycles. The van der Waals surface area contributed by atoms with Crippen LogP contribution in [0.2, 0.25) is 0 Å². The minimum Gasteiger partial charge on any atom is -0.391 e. The average molecular weight is 444 g/mol. The van der Waals surface area contributed by atoms with Crippen LogP contribution in [0.25, 0.3) is 10.4 Å². The summed E-state index contributed by atoms with van der Waals surface area (Å²) in [7, 11) is 0. The first-order valence-electron chi connectivity index (χ1n) is 10.5. The van der Waals surface area contributed by atoms with E-state index in [4.69, 9.17) is 0 Å². The van der Waals surface area contributed by atoms with Crippen LogP contribution >= 0.6 is 11.3 Å². The fourth-order valence-electron chi connectivity index (χ4n) is 3.95. The Balaban J connectivity index is 1.62. The molecule has 0 bridgehead atoms. The highest BCUT2D eigenvalue weighted by Crippen LogP contribution is 2.27. The van der Waals surface area contributed by atoms with E-state index in [1.54, 1.807) is 11.3 Å². The number of thiazole rings is 1. The maximum atomic E-state index is 12.9. The topological polar surface area (TPSA) is 99.6 Å². The third-order valence-corrected chi connectivity index (χ3v) is 6.65. The quantitative estimate of drug-likeness (QED) is 0.654. The number of carbonyl (C=O) groups is 3. The second kappa shape index (κ2) is 10.2. The molecule has 0 spiro atoms. The van der Waals surface area contributed by atoms with E-state index < -0.39 is 18.1 Å². The minimum absolute atomic E-state index is 0.0575. The fraction of sp³-hybridized carbons (Fsp3) is 0.478. The number of hydrogen-bond acceptors (Lipinski definition) is 6. The van der Waals surface area contributed by atoms with Gasteiger partial charge in [0.2, 0.25) is 11.8 Å². The van der Waals surface area contributed by atoms with Gasteiger partial charge in [-0.05, 0) is 31.4 Å². The van der Waals surface area contributed by atoms with Gasteiger partial charge in [-0.25, -0.2) is 4.98 Å². The van der Waals surface area contributed by atoms with Gasteiger partial charge >= 0.3 is 0 Å². The molecule has 1 aliphatic heterocycles. The van der Waals surface area contributed by atoms with Crippen molar-refractivity contribution >= 4 is 28.9 Å². The zero-order chi connectivity index (χ0) is 22.5. The molecule has 1 aromatic carbocycles. The van der Waals surface area contributed by atoms with E-state index in [2.05, 4.69) is 10.3 Å². The van der Waals surface area contributed by atoms with Gasteiger partial charge in [-0.2, -0.15) is 0 Å². The third kappa shape index (κ3) is 5.57. The maximum absolute atomic E-state index is 12.9. The zero-order valence-electron chi connectivity index (χ0n) is 18.1. The number of carbonyl (C=O) groups excluding carboxylic acids is 3. The highest BCUT2D eigenvalue weighted by atomic mass is 32.1. The highest BCUT2D eigenvalue weighted by Gasteiger charge is 2.40. The predicted molar refractivity (Wildman–Crippen MR) is 119 cm³/mol. The van der Waals surface area contributed by atoms with Crippen LogP contribution in [0.15, 0.2) is 29.8 Å². The van der Waals surface area contributed by atoms with Crippen molar-refractivity contribution in [2.75, 3.05) is 6.54 Å². The molecule has 1 fully saturated rings. The summed E-state index contributed by atoms with van der Waals surface area (Å²) < 4.78 is 0. The molecule has 0 saturated carbocycles. The SMILES string of the molecule is CC[C@H](CC(C)=O)C(=O)N1C[C@H](O)C[C@H]1C(=O)NCc1ccc(-c2scnc2C)cc1. The van der Waals surface area contributed by atoms with Crippen LogP contribution in [-0.2, 0) is 20.9 Å². The Labute approximate surface area is 186 Å². The number of hydrogen-bond donors (Lipinski definition) is 2. The predicted octanol–water partition coefficient (Wildman–Crippen LogP) is 2.70. The molecule has 1 aliphatic rings. The fourth-order valence-corrected chi connectivity index (χ4v) is 4.77. The van der Waals surface area contributed by atoms with Crippen LogP contribution < -0.4 is 5.32 Å². The molecule has 166 valence electrons. The van der Waals surface area contributed by atoms with Crippen LogP contribution in [0.1, 0.15) is 44.4 Å². The third-order valence-electron chi connectivity index (χ3n) is 5.67. The van der Waals surface area contributed by atoms with Crippen molar-refractivity contribution in [3.63, 3.8) is 0 Å². The molecule has 3 rings (SSSR count). The lowest BCUT2D eigenvalue weighted by Crippen LogP contribution is -2.47. The largest absolute Gasteiger partial charge is 0.391 e. The minimum atomic E-state index is -0.739. The van der Waals surface area contributed by atoms with E-state index in [9.17, 15) is 19.5 Å². The number of nitrogens with one attached hydrogen (secondary N) is 1. The van der Waals surface area contributed by atoms with E-state index in [1.165, 1.54) is 11.8 Å². The van der Waals surface area contributed by atoms with Crippen molar-refractivity contribution in [1.82, 2.24) is 15.2 Å². The number of likely N-dealkylation sites (tertiary alicyclic amines) is 1. The van der Waals surface area contributed by atoms with Crippen molar-refractivity contribution < 1.29 is 19.5 Å². The van der Waals surface area contributed by atoms with Crippen molar-refractivity contribution in [2.24, 2.45) is 5.92 Å². The number of β-amino-alcohol motifs (C(OH)–C–C–N with tert-alkyl or cyclic N) is 1. The molecule has 0 unspecified atom stereocenters. The molecule has 0 radical (unpaired) electrons. The molecule has 7 nitrogen and oxygen atoms in total. The summed E-state index contributed by atoms with van der Waals surface area (Å²) in [4.78, 5) is 44.0. The summed E-state index contributed by atoms with van der Waals surface area (Å²) in [5.41, 5.74) is 4.84. The first-order valence-corrected chi connectivity index (χ1v) is 11.4. The Kier molecular flexibility index (Phi) is 7.56. The van der Waals surface area contributed by atoms with Gasteiger partial charge in [-0.3, -0.25) is 9.59 Å². The van der Waals surface area contributed by atoms with Gasteiger partial charge in [0.15, 0.2) is 0 Å². The molecule has 2 heterocycles. The number of aliphatic hydroxyl groups is 1. The van der Waals surface area contributed by atoms with E-state index in [-0.39, 0.29) is 37.0 Å². The number of aromatic nitrogens is 1. The van der Waals surface area contributed by atoms with E-state index in [0.717, 1.165) is 21.7 Å². The van der Waals surface area contributed by atoms with Crippen molar-refractivity contribution in [1.29, 1.82) is 0 Å². The summed E-state index contributed by atoms with van der Waals surface area (Å²) in [6.07, 6.45) is 0.140. The molecule has 8 heteroatoms. The number of benzene rings is 1. The Morgan fingerprint density at radius 1 is 1.29 bits per heavy atom. The van der Waals surface area contributed by atoms with Gasteiger partial charge in [0.05, 0.1) is 22.2 Å². The van der Waals surface area contributed by atoms with Gasteiger partial charge in [0, 0.05) is 31.8 Å². The highest BCUT2D eigenvalue weighted by molar-refractivity contribution is 7.13. The number of Topliss-reactive ketones (excluding diaryl/α,β-unsaturated/α-hetero) is 1. The molecular formula is C23H29N3O4S. The van der Waals surface area contributed by atoms with Crippen LogP contribution in [0.3, 0.4) is 0 Å². The summed E-state index contributed by atoms with van der Waals surface area (Å²) in [6, 6.07) is 7.21. The number of amides is 2. The van der Waals surface area contributed by atoms with Crippen molar-refractivity contribution in [2.45, 2.75) is 58.7 Å². The molecule has 1 saturated heterocycles. The van der Waals surface area contributed by atoms with Crippen molar-refractivity contribution in [3.8, 4) is 10.4 Å². The van der Waals surface area contributed by atoms with E-state index in [1.807, 2.05) is 43.6 Å². The molecular weight excluding hydrogens is 414 g/mol. The number of aryl methyl sites for hydroxylation is 1. The number of aliphatic hydroxyl groups excluding tert-OH is 1. The van der Waals surface area contributed by atoms with Gasteiger partial charge in [-0.1, -0.05) is 31.2 Å². The Morgan fingerprint density at radius 3 is 2.58 bits per heavy atom. The summed E-state index contributed by atoms with van der Waals surface area (Å²) in [5.74, 6) is -1.04. The van der Waals surface area contributed by atoms with Gasteiger partial charge in [0.1, 0.15) is 11.8 Å². The zero-order valence-corrected chi connectivity index (χ0v) is 18.9. The lowest BCUT2D eigenvalue weighted by Gasteiger charge is -2.27. The molecule has 31 heavy (non-hydrogen) atoms. The molecule has 2 N–H and O–H groups in total. The summed E-state index contributed by atoms with van der Waals surface area (Å²) >= 11 is 1.59. The van der Waals surface area contributed by atoms with E-state index in [0.29, 0.717) is 13.0 Å². The number of ketones is 1. The Hall–Kier alpha value is -2.58. The lowest BCUT2D eigenvalue weighted by atomic mass is 9.98. The van der Waals surface area contributed by atoms with Crippen molar-refractivity contribution in [3.05, 3.63) is 41.0 Å². The first kappa shape index (κ1) is 23.1. The molecule has 2 amide bonds. The lowest BCUT2D eigenvalue weighted by molar-refractivity contribution is -0.143. The van der Waals surface area contributed by atoms with Gasteiger partial charge in [-0.15, -0.1) is 11.3 Å². The van der Waals surface area contributed by atoms with Crippen LogP contribution in [0.4, 0.5) is 0 Å². The normalized spacial score (nSPS) is 19.3. The monoisotopic (exact) mass is 443 g/mol. The first-order chi connectivity index (χ1) is 14.8. The second-order valence-electron chi connectivity index (χ2n) is 8.09. The van der Waals surface area contributed by atoms with Crippen LogP contribution in [-0.4, -0.2) is 51.3 Å². The second-order valence-corrected chi connectivity index (χ2v) is 8.94. The number of rotatable bonds is 8. The summed E-state index contributed by atoms with van der Waals surface area (Å²) in [6.45, 7) is 5.74. The van der Waals surface area contributed by atoms with Gasteiger partial charge in [0.25, 0.3) is 0 Å². The molecule has 2 aromatic rings. The van der Waals surface area contributed by atoms with Crippen LogP contribution in [0, 0.1) is 12.8 Å². The smallest absolute Gasteiger partial charge is 0.243 e. The number of nitrogens with zero attached hydrogens (tertiary/aromatic N) is 2.